The first-order valence-electron chi connectivity index (χ1n) is 7.22. The Hall–Kier alpha value is -2.58. The van der Waals surface area contributed by atoms with Crippen molar-refractivity contribution in [1.82, 2.24) is 0 Å². The van der Waals surface area contributed by atoms with E-state index in [1.165, 1.54) is 0 Å². The standard InChI is InChI=1S/C18H17NO3/c1-21-17-15(18(10-11-18)19-13-20)8-5-9-16(17)22-12-14-6-3-2-4-7-14/h2-9H,10-12H2,1H3. The molecule has 0 radical (unpaired) electrons. The molecule has 3 rings (SSSR count). The molecule has 0 aliphatic heterocycles. The molecule has 4 heteroatoms. The minimum atomic E-state index is -0.473. The smallest absolute Gasteiger partial charge is 0.235 e. The fourth-order valence-corrected chi connectivity index (χ4v) is 2.59. The van der Waals surface area contributed by atoms with Gasteiger partial charge < -0.3 is 9.47 Å². The van der Waals surface area contributed by atoms with Crippen LogP contribution in [0, 0.1) is 0 Å². The average molecular weight is 295 g/mol. The van der Waals surface area contributed by atoms with Crippen LogP contribution in [0.5, 0.6) is 11.5 Å². The molecule has 0 atom stereocenters. The highest BCUT2D eigenvalue weighted by Gasteiger charge is 2.47. The van der Waals surface area contributed by atoms with E-state index in [0.717, 1.165) is 24.0 Å². The van der Waals surface area contributed by atoms with Crippen LogP contribution in [-0.2, 0) is 16.9 Å². The van der Waals surface area contributed by atoms with Crippen molar-refractivity contribution in [2.75, 3.05) is 7.11 Å². The first-order chi connectivity index (χ1) is 10.8. The monoisotopic (exact) mass is 295 g/mol. The topological polar surface area (TPSA) is 47.9 Å². The average Bonchev–Trinajstić information content (AvgIpc) is 3.34. The summed E-state index contributed by atoms with van der Waals surface area (Å²) in [5.74, 6) is 1.31. The molecule has 1 aliphatic rings. The fraction of sp³-hybridized carbons (Fsp3) is 0.278. The summed E-state index contributed by atoms with van der Waals surface area (Å²) in [6, 6.07) is 15.6. The van der Waals surface area contributed by atoms with Gasteiger partial charge in [0.25, 0.3) is 0 Å². The molecule has 1 saturated carbocycles. The molecule has 112 valence electrons. The minimum absolute atomic E-state index is 0.463. The van der Waals surface area contributed by atoms with E-state index in [2.05, 4.69) is 4.99 Å². The zero-order valence-corrected chi connectivity index (χ0v) is 12.4. The molecule has 0 bridgehead atoms. The molecule has 0 spiro atoms. The second-order valence-corrected chi connectivity index (χ2v) is 5.35. The lowest BCUT2D eigenvalue weighted by molar-refractivity contribution is 0.282. The molecule has 0 heterocycles. The lowest BCUT2D eigenvalue weighted by Crippen LogP contribution is -2.07. The summed E-state index contributed by atoms with van der Waals surface area (Å²) in [5.41, 5.74) is 1.50. The van der Waals surface area contributed by atoms with Gasteiger partial charge in [-0.05, 0) is 24.5 Å². The van der Waals surface area contributed by atoms with Gasteiger partial charge in [-0.3, -0.25) is 0 Å². The van der Waals surface area contributed by atoms with Gasteiger partial charge in [0.15, 0.2) is 11.5 Å². The Morgan fingerprint density at radius 2 is 1.91 bits per heavy atom. The van der Waals surface area contributed by atoms with Crippen molar-refractivity contribution in [3.63, 3.8) is 0 Å². The molecule has 4 nitrogen and oxygen atoms in total. The molecule has 1 aliphatic carbocycles. The SMILES string of the molecule is COc1c(OCc2ccccc2)cccc1C1(N=C=O)CC1. The highest BCUT2D eigenvalue weighted by molar-refractivity contribution is 5.53. The Kier molecular flexibility index (Phi) is 3.94. The third-order valence-electron chi connectivity index (χ3n) is 3.90. The van der Waals surface area contributed by atoms with Crippen LogP contribution in [-0.4, -0.2) is 13.2 Å². The normalized spacial score (nSPS) is 14.8. The Morgan fingerprint density at radius 3 is 2.55 bits per heavy atom. The van der Waals surface area contributed by atoms with Crippen LogP contribution in [0.1, 0.15) is 24.0 Å². The van der Waals surface area contributed by atoms with Crippen molar-refractivity contribution in [1.29, 1.82) is 0 Å². The number of methoxy groups -OCH3 is 1. The van der Waals surface area contributed by atoms with E-state index in [1.54, 1.807) is 13.2 Å². The van der Waals surface area contributed by atoms with Crippen molar-refractivity contribution in [2.24, 2.45) is 4.99 Å². The fourth-order valence-electron chi connectivity index (χ4n) is 2.59. The van der Waals surface area contributed by atoms with Gasteiger partial charge in [-0.2, -0.15) is 4.99 Å². The number of hydrogen-bond donors (Lipinski definition) is 0. The number of aliphatic imine (C=N–C) groups is 1. The Morgan fingerprint density at radius 1 is 1.14 bits per heavy atom. The van der Waals surface area contributed by atoms with E-state index in [9.17, 15) is 4.79 Å². The summed E-state index contributed by atoms with van der Waals surface area (Å²) in [5, 5.41) is 0. The zero-order chi connectivity index (χ0) is 15.4. The number of ether oxygens (including phenoxy) is 2. The lowest BCUT2D eigenvalue weighted by Gasteiger charge is -2.17. The molecule has 0 amide bonds. The number of nitrogens with zero attached hydrogens (tertiary/aromatic N) is 1. The van der Waals surface area contributed by atoms with Crippen molar-refractivity contribution in [3.05, 3.63) is 59.7 Å². The van der Waals surface area contributed by atoms with Crippen molar-refractivity contribution in [2.45, 2.75) is 25.0 Å². The van der Waals surface area contributed by atoms with E-state index < -0.39 is 5.54 Å². The highest BCUT2D eigenvalue weighted by Crippen LogP contribution is 2.54. The zero-order valence-electron chi connectivity index (χ0n) is 12.4. The molecule has 2 aromatic rings. The van der Waals surface area contributed by atoms with Gasteiger partial charge in [-0.15, -0.1) is 0 Å². The first-order valence-corrected chi connectivity index (χ1v) is 7.22. The van der Waals surface area contributed by atoms with Gasteiger partial charge in [0.2, 0.25) is 6.08 Å². The number of rotatable bonds is 6. The largest absolute Gasteiger partial charge is 0.492 e. The van der Waals surface area contributed by atoms with Gasteiger partial charge in [0.1, 0.15) is 12.1 Å². The quantitative estimate of drug-likeness (QED) is 0.604. The number of benzene rings is 2. The lowest BCUT2D eigenvalue weighted by atomic mass is 10.0. The predicted molar refractivity (Wildman–Crippen MR) is 82.8 cm³/mol. The van der Waals surface area contributed by atoms with Crippen LogP contribution >= 0.6 is 0 Å². The van der Waals surface area contributed by atoms with Gasteiger partial charge in [-0.25, -0.2) is 4.79 Å². The third kappa shape index (κ3) is 2.74. The van der Waals surface area contributed by atoms with Crippen LogP contribution in [0.25, 0.3) is 0 Å². The number of para-hydroxylation sites is 1. The molecule has 2 aromatic carbocycles. The van der Waals surface area contributed by atoms with Crippen LogP contribution < -0.4 is 9.47 Å². The molecule has 0 N–H and O–H groups in total. The highest BCUT2D eigenvalue weighted by atomic mass is 16.5. The van der Waals surface area contributed by atoms with Gasteiger partial charge in [0, 0.05) is 5.56 Å². The van der Waals surface area contributed by atoms with E-state index in [1.807, 2.05) is 48.5 Å². The van der Waals surface area contributed by atoms with Crippen molar-refractivity contribution >= 4 is 6.08 Å². The first kappa shape index (κ1) is 14.4. The summed E-state index contributed by atoms with van der Waals surface area (Å²) in [6.07, 6.45) is 3.34. The van der Waals surface area contributed by atoms with Crippen LogP contribution in [0.15, 0.2) is 53.5 Å². The molecule has 0 aromatic heterocycles. The second-order valence-electron chi connectivity index (χ2n) is 5.35. The van der Waals surface area contributed by atoms with Crippen molar-refractivity contribution in [3.8, 4) is 11.5 Å². The Balaban J connectivity index is 1.87. The van der Waals surface area contributed by atoms with Crippen molar-refractivity contribution < 1.29 is 14.3 Å². The van der Waals surface area contributed by atoms with E-state index in [0.29, 0.717) is 18.1 Å². The predicted octanol–water partition coefficient (Wildman–Crippen LogP) is 3.60. The molecular formula is C18H17NO3. The maximum atomic E-state index is 10.7. The van der Waals surface area contributed by atoms with Crippen LogP contribution in [0.2, 0.25) is 0 Å². The molecule has 0 unspecified atom stereocenters. The van der Waals surface area contributed by atoms with E-state index >= 15 is 0 Å². The number of hydrogen-bond acceptors (Lipinski definition) is 4. The molecule has 1 fully saturated rings. The second kappa shape index (κ2) is 6.04. The van der Waals surface area contributed by atoms with Crippen LogP contribution in [0.4, 0.5) is 0 Å². The van der Waals surface area contributed by atoms with E-state index in [-0.39, 0.29) is 0 Å². The number of carbonyl (C=O) groups excluding carboxylic acids is 1. The summed E-state index contributed by atoms with van der Waals surface area (Å²) < 4.78 is 11.4. The van der Waals surface area contributed by atoms with Crippen LogP contribution in [0.3, 0.4) is 0 Å². The van der Waals surface area contributed by atoms with E-state index in [4.69, 9.17) is 9.47 Å². The van der Waals surface area contributed by atoms with Gasteiger partial charge in [-0.1, -0.05) is 42.5 Å². The number of isocyanates is 1. The maximum absolute atomic E-state index is 10.7. The summed E-state index contributed by atoms with van der Waals surface area (Å²) in [7, 11) is 1.61. The summed E-state index contributed by atoms with van der Waals surface area (Å²) in [6.45, 7) is 0.463. The minimum Gasteiger partial charge on any atom is -0.492 e. The van der Waals surface area contributed by atoms with Gasteiger partial charge in [0.05, 0.1) is 7.11 Å². The Bertz CT molecular complexity index is 702. The molecule has 22 heavy (non-hydrogen) atoms. The summed E-state index contributed by atoms with van der Waals surface area (Å²) in [4.78, 5) is 14.6. The molecule has 0 saturated heterocycles. The molecular weight excluding hydrogens is 278 g/mol. The summed E-state index contributed by atoms with van der Waals surface area (Å²) >= 11 is 0. The Labute approximate surface area is 129 Å². The maximum Gasteiger partial charge on any atom is 0.235 e. The van der Waals surface area contributed by atoms with Gasteiger partial charge >= 0.3 is 0 Å². The third-order valence-corrected chi connectivity index (χ3v) is 3.90.